The fourth-order valence-electron chi connectivity index (χ4n) is 2.47. The molecule has 1 N–H and O–H groups in total. The number of ether oxygens (including phenoxy) is 2. The Labute approximate surface area is 141 Å². The van der Waals surface area contributed by atoms with Crippen LogP contribution in [-0.2, 0) is 14.8 Å². The topological polar surface area (TPSA) is 81.7 Å². The predicted molar refractivity (Wildman–Crippen MR) is 91.1 cm³/mol. The third-order valence-electron chi connectivity index (χ3n) is 3.45. The van der Waals surface area contributed by atoms with Gasteiger partial charge in [0.25, 0.3) is 10.0 Å². The minimum Gasteiger partial charge on any atom is -0.495 e. The van der Waals surface area contributed by atoms with Gasteiger partial charge in [-0.15, -0.1) is 0 Å². The van der Waals surface area contributed by atoms with Crippen molar-refractivity contribution in [1.29, 1.82) is 0 Å². The molecule has 0 aliphatic rings. The predicted octanol–water partition coefficient (Wildman–Crippen LogP) is 2.90. The van der Waals surface area contributed by atoms with E-state index in [-0.39, 0.29) is 21.9 Å². The second-order valence-corrected chi connectivity index (χ2v) is 6.88. The van der Waals surface area contributed by atoms with Gasteiger partial charge in [0.15, 0.2) is 0 Å². The summed E-state index contributed by atoms with van der Waals surface area (Å²) in [6.07, 6.45) is 0. The van der Waals surface area contributed by atoms with E-state index in [1.165, 1.54) is 26.4 Å². The number of sulfonamides is 1. The Hall–Kier alpha value is -2.54. The van der Waals surface area contributed by atoms with E-state index >= 15 is 0 Å². The SMILES string of the molecule is COC(=O)c1ccccc1NS(=O)(=O)c1c(C)cc(C)cc1OC. The Balaban J connectivity index is 2.54. The molecule has 0 aromatic heterocycles. The largest absolute Gasteiger partial charge is 0.495 e. The molecule has 0 amide bonds. The van der Waals surface area contributed by atoms with Crippen molar-refractivity contribution in [2.75, 3.05) is 18.9 Å². The molecule has 0 unspecified atom stereocenters. The molecule has 0 aliphatic carbocycles. The Morgan fingerprint density at radius 1 is 1.08 bits per heavy atom. The van der Waals surface area contributed by atoms with Crippen molar-refractivity contribution in [1.82, 2.24) is 0 Å². The van der Waals surface area contributed by atoms with Gasteiger partial charge in [-0.3, -0.25) is 4.72 Å². The van der Waals surface area contributed by atoms with Crippen molar-refractivity contribution in [3.63, 3.8) is 0 Å². The van der Waals surface area contributed by atoms with E-state index in [0.717, 1.165) is 5.56 Å². The molecule has 0 bridgehead atoms. The maximum absolute atomic E-state index is 12.8. The molecule has 2 aromatic rings. The van der Waals surface area contributed by atoms with Crippen LogP contribution in [0.15, 0.2) is 41.3 Å². The quantitative estimate of drug-likeness (QED) is 0.840. The molecule has 7 heteroatoms. The molecule has 0 radical (unpaired) electrons. The monoisotopic (exact) mass is 349 g/mol. The third kappa shape index (κ3) is 3.51. The Morgan fingerprint density at radius 2 is 1.75 bits per heavy atom. The lowest BCUT2D eigenvalue weighted by Crippen LogP contribution is -2.18. The number of hydrogen-bond donors (Lipinski definition) is 1. The number of rotatable bonds is 5. The highest BCUT2D eigenvalue weighted by atomic mass is 32.2. The summed E-state index contributed by atoms with van der Waals surface area (Å²) in [5.74, 6) is -0.378. The molecule has 2 rings (SSSR count). The zero-order valence-electron chi connectivity index (χ0n) is 13.9. The molecule has 24 heavy (non-hydrogen) atoms. The van der Waals surface area contributed by atoms with Crippen molar-refractivity contribution in [2.45, 2.75) is 18.7 Å². The van der Waals surface area contributed by atoms with Gasteiger partial charge in [-0.2, -0.15) is 0 Å². The van der Waals surface area contributed by atoms with Crippen LogP contribution in [0.25, 0.3) is 0 Å². The number of aryl methyl sites for hydroxylation is 2. The van der Waals surface area contributed by atoms with Gasteiger partial charge in [0.05, 0.1) is 25.5 Å². The second kappa shape index (κ2) is 6.92. The maximum atomic E-state index is 12.8. The summed E-state index contributed by atoms with van der Waals surface area (Å²) >= 11 is 0. The van der Waals surface area contributed by atoms with Crippen LogP contribution in [0.5, 0.6) is 5.75 Å². The molecule has 0 aliphatic heterocycles. The number of hydrogen-bond acceptors (Lipinski definition) is 5. The van der Waals surface area contributed by atoms with Crippen molar-refractivity contribution < 1.29 is 22.7 Å². The lowest BCUT2D eigenvalue weighted by molar-refractivity contribution is 0.0602. The average molecular weight is 349 g/mol. The molecular formula is C17H19NO5S. The summed E-state index contributed by atoms with van der Waals surface area (Å²) in [6.45, 7) is 3.54. The van der Waals surface area contributed by atoms with E-state index in [4.69, 9.17) is 4.74 Å². The molecule has 0 saturated heterocycles. The minimum absolute atomic E-state index is 0.0373. The minimum atomic E-state index is -3.95. The van der Waals surface area contributed by atoms with Crippen LogP contribution in [0, 0.1) is 13.8 Å². The van der Waals surface area contributed by atoms with Crippen LogP contribution in [0.4, 0.5) is 5.69 Å². The number of benzene rings is 2. The van der Waals surface area contributed by atoms with Crippen LogP contribution < -0.4 is 9.46 Å². The fraction of sp³-hybridized carbons (Fsp3) is 0.235. The average Bonchev–Trinajstić information content (AvgIpc) is 2.53. The van der Waals surface area contributed by atoms with Gasteiger partial charge in [0.1, 0.15) is 10.6 Å². The van der Waals surface area contributed by atoms with E-state index in [9.17, 15) is 13.2 Å². The zero-order chi connectivity index (χ0) is 17.9. The summed E-state index contributed by atoms with van der Waals surface area (Å²) in [5, 5.41) is 0. The number of methoxy groups -OCH3 is 2. The number of nitrogens with one attached hydrogen (secondary N) is 1. The van der Waals surface area contributed by atoms with Gasteiger partial charge in [-0.1, -0.05) is 18.2 Å². The number of esters is 1. The Kier molecular flexibility index (Phi) is 5.14. The summed E-state index contributed by atoms with van der Waals surface area (Å²) < 4.78 is 38.0. The van der Waals surface area contributed by atoms with Gasteiger partial charge in [0, 0.05) is 0 Å². The van der Waals surface area contributed by atoms with Gasteiger partial charge in [-0.25, -0.2) is 13.2 Å². The van der Waals surface area contributed by atoms with E-state index in [1.807, 2.05) is 6.92 Å². The molecule has 0 fully saturated rings. The Morgan fingerprint density at radius 3 is 2.38 bits per heavy atom. The highest BCUT2D eigenvalue weighted by Gasteiger charge is 2.24. The Bertz CT molecular complexity index is 875. The highest BCUT2D eigenvalue weighted by Crippen LogP contribution is 2.31. The van der Waals surface area contributed by atoms with E-state index in [2.05, 4.69) is 9.46 Å². The molecule has 0 spiro atoms. The number of anilines is 1. The van der Waals surface area contributed by atoms with Crippen molar-refractivity contribution in [3.05, 3.63) is 53.1 Å². The standard InChI is InChI=1S/C17H19NO5S/c1-11-9-12(2)16(15(10-11)22-3)24(20,21)18-14-8-6-5-7-13(14)17(19)23-4/h5-10,18H,1-4H3. The van der Waals surface area contributed by atoms with E-state index in [1.54, 1.807) is 31.2 Å². The highest BCUT2D eigenvalue weighted by molar-refractivity contribution is 7.92. The molecule has 0 saturated carbocycles. The summed E-state index contributed by atoms with van der Waals surface area (Å²) in [7, 11) is -1.30. The second-order valence-electron chi connectivity index (χ2n) is 5.26. The normalized spacial score (nSPS) is 11.0. The number of carbonyl (C=O) groups is 1. The van der Waals surface area contributed by atoms with Gasteiger partial charge < -0.3 is 9.47 Å². The van der Waals surface area contributed by atoms with Gasteiger partial charge in [-0.05, 0) is 43.2 Å². The van der Waals surface area contributed by atoms with Crippen LogP contribution in [0.1, 0.15) is 21.5 Å². The van der Waals surface area contributed by atoms with Crippen LogP contribution in [0.2, 0.25) is 0 Å². The molecule has 128 valence electrons. The molecule has 6 nitrogen and oxygen atoms in total. The van der Waals surface area contributed by atoms with Crippen molar-refractivity contribution >= 4 is 21.7 Å². The van der Waals surface area contributed by atoms with Crippen molar-refractivity contribution in [3.8, 4) is 5.75 Å². The van der Waals surface area contributed by atoms with Crippen LogP contribution in [-0.4, -0.2) is 28.6 Å². The maximum Gasteiger partial charge on any atom is 0.339 e. The fourth-order valence-corrected chi connectivity index (χ4v) is 3.93. The van der Waals surface area contributed by atoms with Gasteiger partial charge in [0.2, 0.25) is 0 Å². The lowest BCUT2D eigenvalue weighted by atomic mass is 10.1. The first-order valence-corrected chi connectivity index (χ1v) is 8.64. The van der Waals surface area contributed by atoms with Crippen LogP contribution >= 0.6 is 0 Å². The van der Waals surface area contributed by atoms with Gasteiger partial charge >= 0.3 is 5.97 Å². The summed E-state index contributed by atoms with van der Waals surface area (Å²) in [6, 6.07) is 9.64. The summed E-state index contributed by atoms with van der Waals surface area (Å²) in [5.41, 5.74) is 1.71. The molecule has 2 aromatic carbocycles. The molecular weight excluding hydrogens is 330 g/mol. The van der Waals surface area contributed by atoms with Crippen LogP contribution in [0.3, 0.4) is 0 Å². The number of para-hydroxylation sites is 1. The molecule has 0 heterocycles. The van der Waals surface area contributed by atoms with E-state index in [0.29, 0.717) is 5.56 Å². The molecule has 0 atom stereocenters. The van der Waals surface area contributed by atoms with Crippen molar-refractivity contribution in [2.24, 2.45) is 0 Å². The smallest absolute Gasteiger partial charge is 0.339 e. The third-order valence-corrected chi connectivity index (χ3v) is 5.00. The first kappa shape index (κ1) is 17.8. The first-order chi connectivity index (χ1) is 11.3. The zero-order valence-corrected chi connectivity index (χ0v) is 14.7. The number of carbonyl (C=O) groups excluding carboxylic acids is 1. The lowest BCUT2D eigenvalue weighted by Gasteiger charge is -2.16. The van der Waals surface area contributed by atoms with E-state index < -0.39 is 16.0 Å². The summed E-state index contributed by atoms with van der Waals surface area (Å²) in [4.78, 5) is 11.8. The first-order valence-electron chi connectivity index (χ1n) is 7.15.